The normalized spacial score (nSPS) is 20.8. The van der Waals surface area contributed by atoms with Gasteiger partial charge in [-0.05, 0) is 24.6 Å². The van der Waals surface area contributed by atoms with Crippen LogP contribution in [0.5, 0.6) is 0 Å². The summed E-state index contributed by atoms with van der Waals surface area (Å²) in [5, 5.41) is 19.7. The number of hydrogen-bond acceptors (Lipinski definition) is 4. The minimum atomic E-state index is -0.448. The van der Waals surface area contributed by atoms with Gasteiger partial charge < -0.3 is 10.2 Å². The van der Waals surface area contributed by atoms with Crippen LogP contribution in [-0.4, -0.2) is 65.4 Å². The lowest BCUT2D eigenvalue weighted by molar-refractivity contribution is 0.0526. The first-order chi connectivity index (χ1) is 9.54. The zero-order valence-electron chi connectivity index (χ0n) is 11.9. The first kappa shape index (κ1) is 15.9. The second kappa shape index (κ2) is 7.52. The number of aliphatic hydroxyl groups excluding tert-OH is 2. The van der Waals surface area contributed by atoms with Gasteiger partial charge in [0.05, 0.1) is 12.2 Å². The summed E-state index contributed by atoms with van der Waals surface area (Å²) >= 11 is 3.43. The Bertz CT molecular complexity index is 420. The minimum Gasteiger partial charge on any atom is -0.392 e. The summed E-state index contributed by atoms with van der Waals surface area (Å²) in [5.41, 5.74) is 0.950. The van der Waals surface area contributed by atoms with E-state index in [4.69, 9.17) is 0 Å². The van der Waals surface area contributed by atoms with Gasteiger partial charge in [0.25, 0.3) is 0 Å². The van der Waals surface area contributed by atoms with Gasteiger partial charge in [-0.3, -0.25) is 9.80 Å². The molecule has 2 rings (SSSR count). The number of nitrogens with zero attached hydrogens (tertiary/aromatic N) is 2. The SMILES string of the molecule is C[C@H](O)CN1CCN(C[C@@H](O)c2cccc(Br)c2)CC1. The molecule has 20 heavy (non-hydrogen) atoms. The van der Waals surface area contributed by atoms with Crippen LogP contribution in [0.3, 0.4) is 0 Å². The Morgan fingerprint density at radius 1 is 1.10 bits per heavy atom. The summed E-state index contributed by atoms with van der Waals surface area (Å²) in [6, 6.07) is 7.84. The predicted molar refractivity (Wildman–Crippen MR) is 83.7 cm³/mol. The van der Waals surface area contributed by atoms with E-state index in [0.29, 0.717) is 6.54 Å². The third-order valence-electron chi connectivity index (χ3n) is 3.65. The second-order valence-corrected chi connectivity index (χ2v) is 6.44. The monoisotopic (exact) mass is 342 g/mol. The third-order valence-corrected chi connectivity index (χ3v) is 4.15. The molecule has 2 atom stereocenters. The van der Waals surface area contributed by atoms with Crippen LogP contribution in [0.4, 0.5) is 0 Å². The van der Waals surface area contributed by atoms with E-state index in [9.17, 15) is 10.2 Å². The van der Waals surface area contributed by atoms with Gasteiger partial charge in [-0.25, -0.2) is 0 Å². The summed E-state index contributed by atoms with van der Waals surface area (Å²) in [4.78, 5) is 4.55. The van der Waals surface area contributed by atoms with Crippen LogP contribution >= 0.6 is 15.9 Å². The molecular formula is C15H23BrN2O2. The van der Waals surface area contributed by atoms with E-state index in [1.807, 2.05) is 31.2 Å². The van der Waals surface area contributed by atoms with E-state index in [1.165, 1.54) is 0 Å². The number of halogens is 1. The Morgan fingerprint density at radius 2 is 1.70 bits per heavy atom. The molecule has 112 valence electrons. The first-order valence-corrected chi connectivity index (χ1v) is 7.90. The summed E-state index contributed by atoms with van der Waals surface area (Å²) in [5.74, 6) is 0. The molecule has 0 spiro atoms. The van der Waals surface area contributed by atoms with Gasteiger partial charge in [-0.1, -0.05) is 28.1 Å². The molecule has 1 heterocycles. The Kier molecular flexibility index (Phi) is 5.99. The van der Waals surface area contributed by atoms with Crippen molar-refractivity contribution in [3.8, 4) is 0 Å². The maximum absolute atomic E-state index is 10.3. The fourth-order valence-electron chi connectivity index (χ4n) is 2.59. The van der Waals surface area contributed by atoms with Crippen molar-refractivity contribution in [1.82, 2.24) is 9.80 Å². The highest BCUT2D eigenvalue weighted by Gasteiger charge is 2.20. The minimum absolute atomic E-state index is 0.270. The lowest BCUT2D eigenvalue weighted by Gasteiger charge is -2.36. The van der Waals surface area contributed by atoms with Crippen LogP contribution < -0.4 is 0 Å². The van der Waals surface area contributed by atoms with E-state index in [0.717, 1.165) is 42.8 Å². The van der Waals surface area contributed by atoms with Crippen LogP contribution in [-0.2, 0) is 0 Å². The molecule has 4 nitrogen and oxygen atoms in total. The zero-order valence-corrected chi connectivity index (χ0v) is 13.5. The van der Waals surface area contributed by atoms with Crippen molar-refractivity contribution in [2.75, 3.05) is 39.3 Å². The molecule has 5 heteroatoms. The van der Waals surface area contributed by atoms with Crippen molar-refractivity contribution in [2.45, 2.75) is 19.1 Å². The van der Waals surface area contributed by atoms with Crippen molar-refractivity contribution in [2.24, 2.45) is 0 Å². The van der Waals surface area contributed by atoms with Crippen LogP contribution in [0.25, 0.3) is 0 Å². The number of hydrogen-bond donors (Lipinski definition) is 2. The standard InChI is InChI=1S/C15H23BrN2O2/c1-12(19)10-17-5-7-18(8-6-17)11-15(20)13-3-2-4-14(16)9-13/h2-4,9,12,15,19-20H,5-8,10-11H2,1H3/t12-,15+/m0/s1. The van der Waals surface area contributed by atoms with Gasteiger partial charge >= 0.3 is 0 Å². The first-order valence-electron chi connectivity index (χ1n) is 7.11. The van der Waals surface area contributed by atoms with Crippen LogP contribution in [0.15, 0.2) is 28.7 Å². The number of piperazine rings is 1. The molecule has 2 N–H and O–H groups in total. The molecule has 1 aromatic carbocycles. The summed E-state index contributed by atoms with van der Waals surface area (Å²) in [6.45, 7) is 7.02. The number of β-amino-alcohol motifs (C(OH)–C–C–N with tert-alkyl or cyclic N) is 2. The molecular weight excluding hydrogens is 320 g/mol. The maximum Gasteiger partial charge on any atom is 0.0917 e. The molecule has 0 amide bonds. The largest absolute Gasteiger partial charge is 0.392 e. The Labute approximate surface area is 129 Å². The smallest absolute Gasteiger partial charge is 0.0917 e. The molecule has 1 aliphatic heterocycles. The molecule has 1 fully saturated rings. The Morgan fingerprint density at radius 3 is 2.25 bits per heavy atom. The molecule has 0 bridgehead atoms. The zero-order chi connectivity index (χ0) is 14.5. The highest BCUT2D eigenvalue weighted by atomic mass is 79.9. The van der Waals surface area contributed by atoms with Gasteiger partial charge in [0.2, 0.25) is 0 Å². The van der Waals surface area contributed by atoms with Crippen molar-refractivity contribution < 1.29 is 10.2 Å². The average molecular weight is 343 g/mol. The van der Waals surface area contributed by atoms with E-state index in [1.54, 1.807) is 0 Å². The lowest BCUT2D eigenvalue weighted by Crippen LogP contribution is -2.49. The van der Waals surface area contributed by atoms with Gasteiger partial charge in [0.1, 0.15) is 0 Å². The van der Waals surface area contributed by atoms with Crippen molar-refractivity contribution in [3.63, 3.8) is 0 Å². The predicted octanol–water partition coefficient (Wildman–Crippen LogP) is 1.48. The molecule has 1 aromatic rings. The van der Waals surface area contributed by atoms with Gasteiger partial charge in [0, 0.05) is 43.7 Å². The molecule has 0 aromatic heterocycles. The summed E-state index contributed by atoms with van der Waals surface area (Å²) in [6.07, 6.45) is -0.718. The topological polar surface area (TPSA) is 46.9 Å². The second-order valence-electron chi connectivity index (χ2n) is 5.52. The summed E-state index contributed by atoms with van der Waals surface area (Å²) < 4.78 is 0.996. The number of benzene rings is 1. The fraction of sp³-hybridized carbons (Fsp3) is 0.600. The van der Waals surface area contributed by atoms with Gasteiger partial charge in [-0.15, -0.1) is 0 Å². The molecule has 0 unspecified atom stereocenters. The van der Waals surface area contributed by atoms with Crippen LogP contribution in [0, 0.1) is 0 Å². The Balaban J connectivity index is 1.80. The fourth-order valence-corrected chi connectivity index (χ4v) is 3.01. The molecule has 0 saturated carbocycles. The highest BCUT2D eigenvalue weighted by Crippen LogP contribution is 2.19. The van der Waals surface area contributed by atoms with E-state index < -0.39 is 6.10 Å². The van der Waals surface area contributed by atoms with Crippen molar-refractivity contribution in [1.29, 1.82) is 0 Å². The third kappa shape index (κ3) is 4.82. The quantitative estimate of drug-likeness (QED) is 0.850. The van der Waals surface area contributed by atoms with Gasteiger partial charge in [-0.2, -0.15) is 0 Å². The van der Waals surface area contributed by atoms with Crippen molar-refractivity contribution >= 4 is 15.9 Å². The van der Waals surface area contributed by atoms with E-state index >= 15 is 0 Å². The molecule has 1 aliphatic rings. The lowest BCUT2D eigenvalue weighted by atomic mass is 10.1. The number of rotatable bonds is 5. The molecule has 1 saturated heterocycles. The molecule has 0 radical (unpaired) electrons. The van der Waals surface area contributed by atoms with E-state index in [2.05, 4.69) is 25.7 Å². The average Bonchev–Trinajstić information content (AvgIpc) is 2.40. The number of aliphatic hydroxyl groups is 2. The van der Waals surface area contributed by atoms with E-state index in [-0.39, 0.29) is 6.10 Å². The summed E-state index contributed by atoms with van der Waals surface area (Å²) in [7, 11) is 0. The van der Waals surface area contributed by atoms with Crippen molar-refractivity contribution in [3.05, 3.63) is 34.3 Å². The van der Waals surface area contributed by atoms with Gasteiger partial charge in [0.15, 0.2) is 0 Å². The Hall–Kier alpha value is -0.460. The van der Waals surface area contributed by atoms with Crippen LogP contribution in [0.1, 0.15) is 18.6 Å². The maximum atomic E-state index is 10.3. The molecule has 0 aliphatic carbocycles. The van der Waals surface area contributed by atoms with Crippen LogP contribution in [0.2, 0.25) is 0 Å². The highest BCUT2D eigenvalue weighted by molar-refractivity contribution is 9.10.